The monoisotopic (exact) mass is 363 g/mol. The van der Waals surface area contributed by atoms with Crippen LogP contribution in [0.25, 0.3) is 11.0 Å². The lowest BCUT2D eigenvalue weighted by Crippen LogP contribution is -2.30. The Morgan fingerprint density at radius 1 is 1.04 bits per heavy atom. The van der Waals surface area contributed by atoms with Crippen molar-refractivity contribution in [1.82, 2.24) is 4.90 Å². The van der Waals surface area contributed by atoms with Crippen LogP contribution in [-0.2, 0) is 13.1 Å². The highest BCUT2D eigenvalue weighted by Gasteiger charge is 2.24. The number of amides is 1. The van der Waals surface area contributed by atoms with Gasteiger partial charge in [0.05, 0.1) is 12.8 Å². The van der Waals surface area contributed by atoms with Gasteiger partial charge in [-0.05, 0) is 42.8 Å². The molecule has 4 rings (SSSR count). The van der Waals surface area contributed by atoms with Gasteiger partial charge in [0.1, 0.15) is 17.2 Å². The SMILES string of the molecule is Cc1c(C(=O)N(Cc2ccccc2)Cc2ccco2)oc2ccc(F)cc12. The van der Waals surface area contributed by atoms with Crippen molar-refractivity contribution in [3.8, 4) is 0 Å². The fourth-order valence-electron chi connectivity index (χ4n) is 3.13. The fraction of sp³-hybridized carbons (Fsp3) is 0.136. The van der Waals surface area contributed by atoms with E-state index in [0.717, 1.165) is 5.56 Å². The molecule has 2 aromatic carbocycles. The normalized spacial score (nSPS) is 11.0. The molecule has 0 saturated carbocycles. The molecule has 0 aliphatic heterocycles. The molecular formula is C22H18FNO3. The summed E-state index contributed by atoms with van der Waals surface area (Å²) in [7, 11) is 0. The number of benzene rings is 2. The van der Waals surface area contributed by atoms with Crippen molar-refractivity contribution in [3.63, 3.8) is 0 Å². The molecule has 136 valence electrons. The summed E-state index contributed by atoms with van der Waals surface area (Å²) in [5, 5.41) is 0.607. The molecule has 0 unspecified atom stereocenters. The van der Waals surface area contributed by atoms with Crippen LogP contribution < -0.4 is 0 Å². The lowest BCUT2D eigenvalue weighted by atomic mass is 10.1. The second-order valence-electron chi connectivity index (χ2n) is 6.42. The molecule has 4 nitrogen and oxygen atoms in total. The summed E-state index contributed by atoms with van der Waals surface area (Å²) in [5.74, 6) is 0.281. The molecule has 0 saturated heterocycles. The summed E-state index contributed by atoms with van der Waals surface area (Å²) in [5.41, 5.74) is 2.12. The first-order valence-electron chi connectivity index (χ1n) is 8.66. The van der Waals surface area contributed by atoms with Gasteiger partial charge in [0.25, 0.3) is 5.91 Å². The predicted molar refractivity (Wildman–Crippen MR) is 99.6 cm³/mol. The minimum Gasteiger partial charge on any atom is -0.467 e. The molecule has 0 aliphatic rings. The first-order valence-corrected chi connectivity index (χ1v) is 8.66. The summed E-state index contributed by atoms with van der Waals surface area (Å²) in [6.07, 6.45) is 1.58. The van der Waals surface area contributed by atoms with Crippen LogP contribution in [0.2, 0.25) is 0 Å². The van der Waals surface area contributed by atoms with Gasteiger partial charge in [0.2, 0.25) is 0 Å². The Kier molecular flexibility index (Phi) is 4.50. The number of furan rings is 2. The second-order valence-corrected chi connectivity index (χ2v) is 6.42. The van der Waals surface area contributed by atoms with Crippen molar-refractivity contribution in [2.24, 2.45) is 0 Å². The van der Waals surface area contributed by atoms with E-state index in [1.165, 1.54) is 12.1 Å². The highest BCUT2D eigenvalue weighted by atomic mass is 19.1. The topological polar surface area (TPSA) is 46.6 Å². The van der Waals surface area contributed by atoms with Gasteiger partial charge >= 0.3 is 0 Å². The maximum Gasteiger partial charge on any atom is 0.290 e. The summed E-state index contributed by atoms with van der Waals surface area (Å²) in [6, 6.07) is 17.6. The number of hydrogen-bond acceptors (Lipinski definition) is 3. The molecule has 4 aromatic rings. The number of carbonyl (C=O) groups excluding carboxylic acids is 1. The third kappa shape index (κ3) is 3.49. The Balaban J connectivity index is 1.70. The lowest BCUT2D eigenvalue weighted by molar-refractivity contribution is 0.0686. The number of hydrogen-bond donors (Lipinski definition) is 0. The summed E-state index contributed by atoms with van der Waals surface area (Å²) in [4.78, 5) is 14.9. The number of fused-ring (bicyclic) bond motifs is 1. The van der Waals surface area contributed by atoms with Gasteiger partial charge in [-0.3, -0.25) is 4.79 Å². The Bertz CT molecular complexity index is 1070. The highest BCUT2D eigenvalue weighted by molar-refractivity contribution is 5.98. The Hall–Kier alpha value is -3.34. The molecule has 0 radical (unpaired) electrons. The van der Waals surface area contributed by atoms with E-state index in [4.69, 9.17) is 8.83 Å². The molecule has 2 aromatic heterocycles. The minimum absolute atomic E-state index is 0.220. The Morgan fingerprint density at radius 2 is 1.85 bits per heavy atom. The van der Waals surface area contributed by atoms with E-state index in [2.05, 4.69) is 0 Å². The van der Waals surface area contributed by atoms with Crippen LogP contribution >= 0.6 is 0 Å². The molecule has 0 bridgehead atoms. The van der Waals surface area contributed by atoms with Gasteiger partial charge in [0, 0.05) is 17.5 Å². The standard InChI is InChI=1S/C22H18FNO3/c1-15-19-12-17(23)9-10-20(19)27-21(15)22(25)24(14-18-8-5-11-26-18)13-16-6-3-2-4-7-16/h2-12H,13-14H2,1H3. The van der Waals surface area contributed by atoms with Gasteiger partial charge in [-0.15, -0.1) is 0 Å². The molecule has 5 heteroatoms. The van der Waals surface area contributed by atoms with Crippen molar-refractivity contribution in [1.29, 1.82) is 0 Å². The third-order valence-electron chi connectivity index (χ3n) is 4.52. The number of halogens is 1. The van der Waals surface area contributed by atoms with Gasteiger partial charge in [-0.25, -0.2) is 4.39 Å². The van der Waals surface area contributed by atoms with Crippen molar-refractivity contribution in [2.45, 2.75) is 20.0 Å². The van der Waals surface area contributed by atoms with E-state index in [0.29, 0.717) is 35.4 Å². The zero-order valence-corrected chi connectivity index (χ0v) is 14.8. The summed E-state index contributed by atoms with van der Waals surface area (Å²) < 4.78 is 24.8. The molecule has 0 N–H and O–H groups in total. The molecule has 2 heterocycles. The van der Waals surface area contributed by atoms with E-state index in [9.17, 15) is 9.18 Å². The van der Waals surface area contributed by atoms with Gasteiger partial charge < -0.3 is 13.7 Å². The van der Waals surface area contributed by atoms with Crippen LogP contribution in [0.4, 0.5) is 4.39 Å². The maximum absolute atomic E-state index is 13.6. The van der Waals surface area contributed by atoms with Crippen LogP contribution in [0.1, 0.15) is 27.4 Å². The molecule has 0 atom stereocenters. The van der Waals surface area contributed by atoms with E-state index in [-0.39, 0.29) is 17.5 Å². The largest absolute Gasteiger partial charge is 0.467 e. The van der Waals surface area contributed by atoms with Crippen LogP contribution in [0.5, 0.6) is 0 Å². The van der Waals surface area contributed by atoms with Crippen LogP contribution in [0.15, 0.2) is 75.8 Å². The average molecular weight is 363 g/mol. The van der Waals surface area contributed by atoms with Crippen LogP contribution in [-0.4, -0.2) is 10.8 Å². The van der Waals surface area contributed by atoms with E-state index >= 15 is 0 Å². The highest BCUT2D eigenvalue weighted by Crippen LogP contribution is 2.28. The smallest absolute Gasteiger partial charge is 0.290 e. The van der Waals surface area contributed by atoms with Crippen molar-refractivity contribution in [3.05, 3.63) is 95.4 Å². The molecular weight excluding hydrogens is 345 g/mol. The number of carbonyl (C=O) groups is 1. The average Bonchev–Trinajstić information content (AvgIpc) is 3.30. The zero-order valence-electron chi connectivity index (χ0n) is 14.8. The predicted octanol–water partition coefficient (Wildman–Crippen LogP) is 5.32. The lowest BCUT2D eigenvalue weighted by Gasteiger charge is -2.21. The Labute approximate surface area is 155 Å². The number of rotatable bonds is 5. The molecule has 1 amide bonds. The van der Waals surface area contributed by atoms with Gasteiger partial charge in [-0.2, -0.15) is 0 Å². The first kappa shape index (κ1) is 17.1. The summed E-state index contributed by atoms with van der Waals surface area (Å²) in [6.45, 7) is 2.49. The van der Waals surface area contributed by atoms with Gasteiger partial charge in [0.15, 0.2) is 5.76 Å². The van der Waals surface area contributed by atoms with E-state index in [1.807, 2.05) is 36.4 Å². The quantitative estimate of drug-likeness (QED) is 0.482. The van der Waals surface area contributed by atoms with E-state index < -0.39 is 0 Å². The maximum atomic E-state index is 13.6. The van der Waals surface area contributed by atoms with Gasteiger partial charge in [-0.1, -0.05) is 30.3 Å². The van der Waals surface area contributed by atoms with Crippen LogP contribution in [0, 0.1) is 12.7 Å². The second kappa shape index (κ2) is 7.11. The minimum atomic E-state index is -0.359. The third-order valence-corrected chi connectivity index (χ3v) is 4.52. The summed E-state index contributed by atoms with van der Waals surface area (Å²) >= 11 is 0. The Morgan fingerprint density at radius 3 is 2.59 bits per heavy atom. The molecule has 0 aliphatic carbocycles. The molecule has 0 spiro atoms. The number of nitrogens with zero attached hydrogens (tertiary/aromatic N) is 1. The first-order chi connectivity index (χ1) is 13.1. The van der Waals surface area contributed by atoms with E-state index in [1.54, 1.807) is 30.2 Å². The molecule has 0 fully saturated rings. The number of aryl methyl sites for hydroxylation is 1. The van der Waals surface area contributed by atoms with Crippen molar-refractivity contribution < 1.29 is 18.0 Å². The molecule has 27 heavy (non-hydrogen) atoms. The van der Waals surface area contributed by atoms with Crippen LogP contribution in [0.3, 0.4) is 0 Å². The van der Waals surface area contributed by atoms with Crippen molar-refractivity contribution >= 4 is 16.9 Å². The fourth-order valence-corrected chi connectivity index (χ4v) is 3.13. The van der Waals surface area contributed by atoms with Crippen molar-refractivity contribution in [2.75, 3.05) is 0 Å². The zero-order chi connectivity index (χ0) is 18.8.